The minimum atomic E-state index is 0.0913. The predicted octanol–water partition coefficient (Wildman–Crippen LogP) is 3.90. The first-order valence-electron chi connectivity index (χ1n) is 7.12. The predicted molar refractivity (Wildman–Crippen MR) is 83.5 cm³/mol. The van der Waals surface area contributed by atoms with Gasteiger partial charge in [0, 0.05) is 12.1 Å². The average Bonchev–Trinajstić information content (AvgIpc) is 2.47. The largest absolute Gasteiger partial charge is 0.392 e. The fourth-order valence-corrected chi connectivity index (χ4v) is 2.38. The first kappa shape index (κ1) is 14.8. The standard InChI is InChI=1S/C18H23NO/c1-13-7-9-17(10-8-13)14(2)19-15(3)18-6-4-5-16(11-18)12-20/h4-11,14-15,19-20H,12H2,1-3H3. The van der Waals surface area contributed by atoms with Gasteiger partial charge in [0.1, 0.15) is 0 Å². The van der Waals surface area contributed by atoms with Crippen LogP contribution in [-0.2, 0) is 6.61 Å². The fraction of sp³-hybridized carbons (Fsp3) is 0.333. The van der Waals surface area contributed by atoms with Crippen molar-refractivity contribution in [2.24, 2.45) is 0 Å². The maximum Gasteiger partial charge on any atom is 0.0681 e. The van der Waals surface area contributed by atoms with E-state index < -0.39 is 0 Å². The van der Waals surface area contributed by atoms with Gasteiger partial charge in [-0.1, -0.05) is 54.1 Å². The monoisotopic (exact) mass is 269 g/mol. The zero-order chi connectivity index (χ0) is 14.5. The molecule has 0 bridgehead atoms. The molecule has 0 aliphatic carbocycles. The third-order valence-electron chi connectivity index (χ3n) is 3.71. The Hall–Kier alpha value is -1.64. The van der Waals surface area contributed by atoms with Crippen molar-refractivity contribution in [2.75, 3.05) is 0 Å². The summed E-state index contributed by atoms with van der Waals surface area (Å²) in [6.45, 7) is 6.53. The van der Waals surface area contributed by atoms with Crippen LogP contribution in [0.25, 0.3) is 0 Å². The molecule has 0 saturated heterocycles. The summed E-state index contributed by atoms with van der Waals surface area (Å²) in [6, 6.07) is 17.3. The third kappa shape index (κ3) is 3.69. The van der Waals surface area contributed by atoms with E-state index in [1.807, 2.05) is 12.1 Å². The van der Waals surface area contributed by atoms with Gasteiger partial charge >= 0.3 is 0 Å². The number of hydrogen-bond acceptors (Lipinski definition) is 2. The second-order valence-corrected chi connectivity index (χ2v) is 5.42. The second kappa shape index (κ2) is 6.69. The second-order valence-electron chi connectivity index (χ2n) is 5.42. The van der Waals surface area contributed by atoms with Gasteiger partial charge in [0.25, 0.3) is 0 Å². The van der Waals surface area contributed by atoms with E-state index in [9.17, 15) is 5.11 Å². The number of nitrogens with one attached hydrogen (secondary N) is 1. The normalized spacial score (nSPS) is 14.0. The van der Waals surface area contributed by atoms with E-state index in [2.05, 4.69) is 62.5 Å². The molecule has 2 unspecified atom stereocenters. The Bertz CT molecular complexity index is 548. The van der Waals surface area contributed by atoms with Gasteiger partial charge < -0.3 is 10.4 Å². The van der Waals surface area contributed by atoms with Crippen molar-refractivity contribution in [1.82, 2.24) is 5.32 Å². The first-order chi connectivity index (χ1) is 9.60. The minimum Gasteiger partial charge on any atom is -0.392 e. The molecule has 106 valence electrons. The van der Waals surface area contributed by atoms with Gasteiger partial charge in [-0.3, -0.25) is 0 Å². The molecular weight excluding hydrogens is 246 g/mol. The van der Waals surface area contributed by atoms with Crippen LogP contribution in [0.4, 0.5) is 0 Å². The van der Waals surface area contributed by atoms with Crippen molar-refractivity contribution in [2.45, 2.75) is 39.5 Å². The molecule has 20 heavy (non-hydrogen) atoms. The molecule has 0 aliphatic rings. The van der Waals surface area contributed by atoms with Crippen molar-refractivity contribution in [3.8, 4) is 0 Å². The molecular formula is C18H23NO. The molecule has 0 fully saturated rings. The summed E-state index contributed by atoms with van der Waals surface area (Å²) in [4.78, 5) is 0. The zero-order valence-electron chi connectivity index (χ0n) is 12.4. The summed E-state index contributed by atoms with van der Waals surface area (Å²) in [5.74, 6) is 0. The molecule has 0 radical (unpaired) electrons. The summed E-state index contributed by atoms with van der Waals surface area (Å²) in [6.07, 6.45) is 0. The van der Waals surface area contributed by atoms with E-state index in [-0.39, 0.29) is 12.6 Å². The van der Waals surface area contributed by atoms with Crippen LogP contribution in [0.15, 0.2) is 48.5 Å². The number of aryl methyl sites for hydroxylation is 1. The van der Waals surface area contributed by atoms with Crippen LogP contribution in [0.1, 0.15) is 48.2 Å². The minimum absolute atomic E-state index is 0.0913. The van der Waals surface area contributed by atoms with Gasteiger partial charge in [0.05, 0.1) is 6.61 Å². The lowest BCUT2D eigenvalue weighted by molar-refractivity contribution is 0.281. The highest BCUT2D eigenvalue weighted by Crippen LogP contribution is 2.20. The summed E-state index contributed by atoms with van der Waals surface area (Å²) >= 11 is 0. The zero-order valence-corrected chi connectivity index (χ0v) is 12.4. The molecule has 2 N–H and O–H groups in total. The lowest BCUT2D eigenvalue weighted by atomic mass is 10.0. The SMILES string of the molecule is Cc1ccc(C(C)NC(C)c2cccc(CO)c2)cc1. The fourth-order valence-electron chi connectivity index (χ4n) is 2.38. The van der Waals surface area contributed by atoms with Gasteiger partial charge in [-0.15, -0.1) is 0 Å². The van der Waals surface area contributed by atoms with Crippen molar-refractivity contribution >= 4 is 0 Å². The van der Waals surface area contributed by atoms with Crippen molar-refractivity contribution < 1.29 is 5.11 Å². The van der Waals surface area contributed by atoms with Gasteiger partial charge in [0.15, 0.2) is 0 Å². The number of benzene rings is 2. The van der Waals surface area contributed by atoms with Crippen molar-refractivity contribution in [3.05, 3.63) is 70.8 Å². The molecule has 0 spiro atoms. The Morgan fingerprint density at radius 2 is 1.60 bits per heavy atom. The van der Waals surface area contributed by atoms with Crippen LogP contribution in [-0.4, -0.2) is 5.11 Å². The molecule has 2 aromatic carbocycles. The molecule has 2 rings (SSSR count). The first-order valence-corrected chi connectivity index (χ1v) is 7.12. The highest BCUT2D eigenvalue weighted by molar-refractivity contribution is 5.27. The van der Waals surface area contributed by atoms with E-state index in [0.29, 0.717) is 6.04 Å². The molecule has 2 aromatic rings. The highest BCUT2D eigenvalue weighted by Gasteiger charge is 2.11. The quantitative estimate of drug-likeness (QED) is 0.863. The van der Waals surface area contributed by atoms with E-state index in [1.54, 1.807) is 0 Å². The Labute approximate surface area is 121 Å². The Morgan fingerprint density at radius 1 is 0.950 bits per heavy atom. The summed E-state index contributed by atoms with van der Waals surface area (Å²) in [5.41, 5.74) is 4.74. The maximum atomic E-state index is 9.21. The van der Waals surface area contributed by atoms with E-state index in [4.69, 9.17) is 0 Å². The van der Waals surface area contributed by atoms with Gasteiger partial charge in [0.2, 0.25) is 0 Å². The lowest BCUT2D eigenvalue weighted by Crippen LogP contribution is -2.22. The van der Waals surface area contributed by atoms with Crippen LogP contribution >= 0.6 is 0 Å². The Morgan fingerprint density at radius 3 is 2.25 bits per heavy atom. The Balaban J connectivity index is 2.06. The summed E-state index contributed by atoms with van der Waals surface area (Å²) in [5, 5.41) is 12.8. The van der Waals surface area contributed by atoms with Gasteiger partial charge in [-0.05, 0) is 37.5 Å². The van der Waals surface area contributed by atoms with E-state index >= 15 is 0 Å². The number of aliphatic hydroxyl groups excluding tert-OH is 1. The summed E-state index contributed by atoms with van der Waals surface area (Å²) < 4.78 is 0. The Kier molecular flexibility index (Phi) is 4.94. The number of rotatable bonds is 5. The summed E-state index contributed by atoms with van der Waals surface area (Å²) in [7, 11) is 0. The molecule has 2 heteroatoms. The molecule has 0 heterocycles. The number of hydrogen-bond donors (Lipinski definition) is 2. The smallest absolute Gasteiger partial charge is 0.0681 e. The molecule has 2 atom stereocenters. The van der Waals surface area contributed by atoms with Crippen LogP contribution in [0.2, 0.25) is 0 Å². The van der Waals surface area contributed by atoms with E-state index in [1.165, 1.54) is 16.7 Å². The van der Waals surface area contributed by atoms with Crippen LogP contribution < -0.4 is 5.32 Å². The molecule has 0 aromatic heterocycles. The topological polar surface area (TPSA) is 32.3 Å². The molecule has 0 aliphatic heterocycles. The third-order valence-corrected chi connectivity index (χ3v) is 3.71. The van der Waals surface area contributed by atoms with Crippen LogP contribution in [0.3, 0.4) is 0 Å². The number of aliphatic hydroxyl groups is 1. The lowest BCUT2D eigenvalue weighted by Gasteiger charge is -2.21. The van der Waals surface area contributed by atoms with Crippen LogP contribution in [0, 0.1) is 6.92 Å². The average molecular weight is 269 g/mol. The van der Waals surface area contributed by atoms with Crippen LogP contribution in [0.5, 0.6) is 0 Å². The molecule has 0 amide bonds. The van der Waals surface area contributed by atoms with Crippen molar-refractivity contribution in [1.29, 1.82) is 0 Å². The van der Waals surface area contributed by atoms with Crippen molar-refractivity contribution in [3.63, 3.8) is 0 Å². The van der Waals surface area contributed by atoms with Gasteiger partial charge in [-0.2, -0.15) is 0 Å². The maximum absolute atomic E-state index is 9.21. The molecule has 0 saturated carbocycles. The highest BCUT2D eigenvalue weighted by atomic mass is 16.3. The molecule has 2 nitrogen and oxygen atoms in total. The van der Waals surface area contributed by atoms with E-state index in [0.717, 1.165) is 5.56 Å². The van der Waals surface area contributed by atoms with Gasteiger partial charge in [-0.25, -0.2) is 0 Å².